The molecule has 16 heavy (non-hydrogen) atoms. The summed E-state index contributed by atoms with van der Waals surface area (Å²) in [5.41, 5.74) is 1.14. The highest BCUT2D eigenvalue weighted by atomic mass is 35.5. The highest BCUT2D eigenvalue weighted by molar-refractivity contribution is 5.92. The molecule has 0 saturated heterocycles. The van der Waals surface area contributed by atoms with Crippen LogP contribution in [0, 0.1) is 5.82 Å². The Morgan fingerprint density at radius 2 is 2.12 bits per heavy atom. The average Bonchev–Trinajstić information content (AvgIpc) is 2.18. The monoisotopic (exact) mass is 246 g/mol. The highest BCUT2D eigenvalue weighted by Gasteiger charge is 2.04. The zero-order chi connectivity index (χ0) is 11.3. The molecule has 0 fully saturated rings. The van der Waals surface area contributed by atoms with Crippen LogP contribution in [0.3, 0.4) is 0 Å². The van der Waals surface area contributed by atoms with Crippen molar-refractivity contribution in [2.75, 3.05) is 18.9 Å². The van der Waals surface area contributed by atoms with Gasteiger partial charge < -0.3 is 10.6 Å². The minimum Gasteiger partial charge on any atom is -0.325 e. The van der Waals surface area contributed by atoms with Gasteiger partial charge in [0.15, 0.2) is 0 Å². The molecule has 0 saturated carbocycles. The third-order valence-electron chi connectivity index (χ3n) is 2.06. The number of likely N-dealkylation sites (N-methyl/N-ethyl adjacent to an activating group) is 1. The Morgan fingerprint density at radius 1 is 1.44 bits per heavy atom. The fraction of sp³-hybridized carbons (Fsp3) is 0.364. The van der Waals surface area contributed by atoms with Crippen LogP contribution in [0.25, 0.3) is 0 Å². The molecule has 0 radical (unpaired) electrons. The molecule has 1 aromatic carbocycles. The quantitative estimate of drug-likeness (QED) is 0.853. The molecule has 0 bridgehead atoms. The number of halogens is 2. The van der Waals surface area contributed by atoms with Crippen molar-refractivity contribution in [2.45, 2.75) is 13.3 Å². The summed E-state index contributed by atoms with van der Waals surface area (Å²) in [6.45, 7) is 2.11. The van der Waals surface area contributed by atoms with Gasteiger partial charge in [-0.3, -0.25) is 4.79 Å². The highest BCUT2D eigenvalue weighted by Crippen LogP contribution is 2.14. The number of hydrogen-bond acceptors (Lipinski definition) is 2. The Bertz CT molecular complexity index is 358. The topological polar surface area (TPSA) is 41.1 Å². The summed E-state index contributed by atoms with van der Waals surface area (Å²) in [4.78, 5) is 11.2. The van der Waals surface area contributed by atoms with Crippen molar-refractivity contribution in [3.8, 4) is 0 Å². The lowest BCUT2D eigenvalue weighted by atomic mass is 10.1. The third kappa shape index (κ3) is 4.16. The minimum atomic E-state index is -0.278. The van der Waals surface area contributed by atoms with E-state index >= 15 is 0 Å². The van der Waals surface area contributed by atoms with Gasteiger partial charge in [0, 0.05) is 5.69 Å². The molecule has 1 amide bonds. The maximum atomic E-state index is 13.3. The number of amides is 1. The molecule has 0 aliphatic heterocycles. The Balaban J connectivity index is 0.00000225. The number of aryl methyl sites for hydroxylation is 1. The first-order valence-electron chi connectivity index (χ1n) is 4.90. The van der Waals surface area contributed by atoms with Crippen molar-refractivity contribution >= 4 is 24.0 Å². The van der Waals surface area contributed by atoms with Crippen molar-refractivity contribution in [2.24, 2.45) is 0 Å². The molecule has 2 N–H and O–H groups in total. The summed E-state index contributed by atoms with van der Waals surface area (Å²) in [5.74, 6) is -0.457. The molecule has 0 aliphatic carbocycles. The number of nitrogens with one attached hydrogen (secondary N) is 2. The van der Waals surface area contributed by atoms with E-state index in [1.807, 2.05) is 6.92 Å². The van der Waals surface area contributed by atoms with Gasteiger partial charge in [0.25, 0.3) is 0 Å². The third-order valence-corrected chi connectivity index (χ3v) is 2.06. The molecule has 3 nitrogen and oxygen atoms in total. The Morgan fingerprint density at radius 3 is 2.62 bits per heavy atom. The van der Waals surface area contributed by atoms with E-state index in [1.54, 1.807) is 19.2 Å². The number of benzene rings is 1. The molecule has 1 aromatic rings. The zero-order valence-corrected chi connectivity index (χ0v) is 10.2. The van der Waals surface area contributed by atoms with E-state index in [0.717, 1.165) is 0 Å². The second-order valence-electron chi connectivity index (χ2n) is 3.24. The van der Waals surface area contributed by atoms with Crippen LogP contribution < -0.4 is 10.6 Å². The van der Waals surface area contributed by atoms with E-state index in [2.05, 4.69) is 10.6 Å². The normalized spacial score (nSPS) is 9.44. The summed E-state index contributed by atoms with van der Waals surface area (Å²) in [6.07, 6.45) is 0.649. The maximum absolute atomic E-state index is 13.3. The van der Waals surface area contributed by atoms with Crippen molar-refractivity contribution in [3.63, 3.8) is 0 Å². The predicted molar refractivity (Wildman–Crippen MR) is 65.6 cm³/mol. The van der Waals surface area contributed by atoms with Gasteiger partial charge in [-0.2, -0.15) is 0 Å². The summed E-state index contributed by atoms with van der Waals surface area (Å²) in [6, 6.07) is 4.73. The van der Waals surface area contributed by atoms with Crippen LogP contribution in [-0.2, 0) is 11.2 Å². The van der Waals surface area contributed by atoms with Crippen molar-refractivity contribution in [1.29, 1.82) is 0 Å². The summed E-state index contributed by atoms with van der Waals surface area (Å²) >= 11 is 0. The number of carbonyl (C=O) groups is 1. The number of anilines is 1. The lowest BCUT2D eigenvalue weighted by Gasteiger charge is -2.06. The van der Waals surface area contributed by atoms with Gasteiger partial charge in [-0.1, -0.05) is 13.0 Å². The Hall–Kier alpha value is -1.13. The minimum absolute atomic E-state index is 0. The van der Waals surface area contributed by atoms with E-state index < -0.39 is 0 Å². The lowest BCUT2D eigenvalue weighted by Crippen LogP contribution is -2.25. The first-order valence-corrected chi connectivity index (χ1v) is 4.90. The molecular weight excluding hydrogens is 231 g/mol. The van der Waals surface area contributed by atoms with Crippen LogP contribution >= 0.6 is 12.4 Å². The van der Waals surface area contributed by atoms with Crippen LogP contribution in [0.4, 0.5) is 10.1 Å². The van der Waals surface area contributed by atoms with E-state index in [-0.39, 0.29) is 30.7 Å². The standard InChI is InChI=1S/C11H15FN2O.ClH/c1-3-8-4-5-9(6-10(8)12)14-11(15)7-13-2;/h4-6,13H,3,7H2,1-2H3,(H,14,15);1H. The first kappa shape index (κ1) is 14.9. The predicted octanol–water partition coefficient (Wildman–Crippen LogP) is 1.97. The molecule has 0 heterocycles. The van der Waals surface area contributed by atoms with E-state index in [9.17, 15) is 9.18 Å². The Labute approximate surface area is 101 Å². The fourth-order valence-corrected chi connectivity index (χ4v) is 1.28. The van der Waals surface area contributed by atoms with Gasteiger partial charge in [-0.05, 0) is 31.2 Å². The van der Waals surface area contributed by atoms with Gasteiger partial charge in [-0.25, -0.2) is 4.39 Å². The Kier molecular flexibility index (Phi) is 6.69. The molecular formula is C11H16ClFN2O. The van der Waals surface area contributed by atoms with Crippen molar-refractivity contribution < 1.29 is 9.18 Å². The fourth-order valence-electron chi connectivity index (χ4n) is 1.28. The van der Waals surface area contributed by atoms with Crippen LogP contribution in [0.15, 0.2) is 18.2 Å². The molecule has 90 valence electrons. The number of carbonyl (C=O) groups excluding carboxylic acids is 1. The van der Waals surface area contributed by atoms with Gasteiger partial charge in [0.2, 0.25) is 5.91 Å². The maximum Gasteiger partial charge on any atom is 0.238 e. The van der Waals surface area contributed by atoms with E-state index in [0.29, 0.717) is 17.7 Å². The van der Waals surface area contributed by atoms with Crippen molar-refractivity contribution in [1.82, 2.24) is 5.32 Å². The molecule has 0 atom stereocenters. The smallest absolute Gasteiger partial charge is 0.238 e. The summed E-state index contributed by atoms with van der Waals surface area (Å²) in [5, 5.41) is 5.31. The number of hydrogen-bond donors (Lipinski definition) is 2. The van der Waals surface area contributed by atoms with E-state index in [1.165, 1.54) is 6.07 Å². The van der Waals surface area contributed by atoms with Gasteiger partial charge in [0.05, 0.1) is 6.54 Å². The molecule has 5 heteroatoms. The summed E-state index contributed by atoms with van der Waals surface area (Å²) in [7, 11) is 1.68. The second kappa shape index (κ2) is 7.19. The molecule has 0 aliphatic rings. The van der Waals surface area contributed by atoms with Crippen LogP contribution in [0.5, 0.6) is 0 Å². The van der Waals surface area contributed by atoms with Gasteiger partial charge >= 0.3 is 0 Å². The van der Waals surface area contributed by atoms with Crippen LogP contribution in [-0.4, -0.2) is 19.5 Å². The largest absolute Gasteiger partial charge is 0.325 e. The van der Waals surface area contributed by atoms with Crippen LogP contribution in [0.2, 0.25) is 0 Å². The average molecular weight is 247 g/mol. The SMILES string of the molecule is CCc1ccc(NC(=O)CNC)cc1F.Cl. The molecule has 0 aromatic heterocycles. The van der Waals surface area contributed by atoms with E-state index in [4.69, 9.17) is 0 Å². The van der Waals surface area contributed by atoms with Crippen molar-refractivity contribution in [3.05, 3.63) is 29.6 Å². The lowest BCUT2D eigenvalue weighted by molar-refractivity contribution is -0.115. The first-order chi connectivity index (χ1) is 7.17. The molecule has 1 rings (SSSR count). The number of rotatable bonds is 4. The van der Waals surface area contributed by atoms with Gasteiger partial charge in [-0.15, -0.1) is 12.4 Å². The zero-order valence-electron chi connectivity index (χ0n) is 9.34. The summed E-state index contributed by atoms with van der Waals surface area (Å²) < 4.78 is 13.3. The van der Waals surface area contributed by atoms with Gasteiger partial charge in [0.1, 0.15) is 5.82 Å². The second-order valence-corrected chi connectivity index (χ2v) is 3.24. The molecule has 0 spiro atoms. The molecule has 0 unspecified atom stereocenters. The van der Waals surface area contributed by atoms with Crippen LogP contribution in [0.1, 0.15) is 12.5 Å².